The molecule has 4 heteroatoms. The van der Waals surface area contributed by atoms with E-state index in [-0.39, 0.29) is 5.82 Å². The molecule has 122 valence electrons. The van der Waals surface area contributed by atoms with Crippen molar-refractivity contribution in [2.24, 2.45) is 0 Å². The first kappa shape index (κ1) is 15.8. The van der Waals surface area contributed by atoms with Crippen molar-refractivity contribution in [2.75, 3.05) is 0 Å². The molecule has 25 heavy (non-hydrogen) atoms. The van der Waals surface area contributed by atoms with E-state index in [0.29, 0.717) is 17.2 Å². The van der Waals surface area contributed by atoms with Gasteiger partial charge in [0.25, 0.3) is 0 Å². The van der Waals surface area contributed by atoms with Gasteiger partial charge in [0.05, 0.1) is 18.2 Å². The van der Waals surface area contributed by atoms with Crippen molar-refractivity contribution in [3.63, 3.8) is 0 Å². The van der Waals surface area contributed by atoms with Crippen molar-refractivity contribution in [3.05, 3.63) is 105 Å². The Morgan fingerprint density at radius 2 is 1.80 bits per heavy atom. The van der Waals surface area contributed by atoms with Crippen molar-refractivity contribution in [1.29, 1.82) is 5.26 Å². The summed E-state index contributed by atoms with van der Waals surface area (Å²) in [5, 5.41) is 9.75. The van der Waals surface area contributed by atoms with Crippen LogP contribution >= 0.6 is 11.6 Å². The van der Waals surface area contributed by atoms with Gasteiger partial charge in [0.2, 0.25) is 0 Å². The molecule has 0 bridgehead atoms. The van der Waals surface area contributed by atoms with E-state index in [0.717, 1.165) is 22.3 Å². The van der Waals surface area contributed by atoms with Crippen LogP contribution in [0.5, 0.6) is 0 Å². The lowest BCUT2D eigenvalue weighted by Crippen LogP contribution is -2.28. The van der Waals surface area contributed by atoms with E-state index in [2.05, 4.69) is 6.07 Å². The van der Waals surface area contributed by atoms with E-state index in [1.807, 2.05) is 30.3 Å². The zero-order valence-electron chi connectivity index (χ0n) is 13.2. The third-order valence-electron chi connectivity index (χ3n) is 4.54. The predicted molar refractivity (Wildman–Crippen MR) is 93.7 cm³/mol. The lowest BCUT2D eigenvalue weighted by Gasteiger charge is -2.31. The van der Waals surface area contributed by atoms with Crippen LogP contribution in [0, 0.1) is 17.1 Å². The molecule has 0 aromatic heterocycles. The standard InChI is InChI=1S/C21H13ClFNO/c22-18-3-1-2-17(11-18)21(16-5-7-19(23)8-6-16)20-9-4-14(12-24)10-15(20)13-25-21/h1-11H,13H2. The van der Waals surface area contributed by atoms with Crippen LogP contribution in [0.4, 0.5) is 4.39 Å². The summed E-state index contributed by atoms with van der Waals surface area (Å²) >= 11 is 6.21. The number of nitriles is 1. The first-order valence-electron chi connectivity index (χ1n) is 7.83. The molecule has 1 aliphatic rings. The first-order valence-corrected chi connectivity index (χ1v) is 8.21. The highest BCUT2D eigenvalue weighted by molar-refractivity contribution is 6.30. The van der Waals surface area contributed by atoms with Gasteiger partial charge in [0, 0.05) is 5.02 Å². The summed E-state index contributed by atoms with van der Waals surface area (Å²) in [5.74, 6) is -0.303. The quantitative estimate of drug-likeness (QED) is 0.639. The van der Waals surface area contributed by atoms with E-state index >= 15 is 0 Å². The zero-order chi connectivity index (χ0) is 17.4. The molecule has 0 radical (unpaired) electrons. The average Bonchev–Trinajstić information content (AvgIpc) is 3.02. The van der Waals surface area contributed by atoms with Crippen molar-refractivity contribution >= 4 is 11.6 Å². The largest absolute Gasteiger partial charge is 0.356 e. The Morgan fingerprint density at radius 1 is 1.00 bits per heavy atom. The van der Waals surface area contributed by atoms with Gasteiger partial charge in [-0.3, -0.25) is 0 Å². The molecule has 1 heterocycles. The summed E-state index contributed by atoms with van der Waals surface area (Å²) in [4.78, 5) is 0. The molecule has 3 aromatic rings. The molecule has 1 unspecified atom stereocenters. The molecular weight excluding hydrogens is 337 g/mol. The van der Waals surface area contributed by atoms with Crippen LogP contribution < -0.4 is 0 Å². The van der Waals surface area contributed by atoms with Crippen molar-refractivity contribution < 1.29 is 9.13 Å². The SMILES string of the molecule is N#Cc1ccc2c(c1)COC2(c1ccc(F)cc1)c1cccc(Cl)c1. The Hall–Kier alpha value is -2.67. The Morgan fingerprint density at radius 3 is 2.52 bits per heavy atom. The molecule has 0 aliphatic carbocycles. The summed E-state index contributed by atoms with van der Waals surface area (Å²) in [5.41, 5.74) is 3.30. The number of hydrogen-bond acceptors (Lipinski definition) is 2. The smallest absolute Gasteiger partial charge is 0.144 e. The highest BCUT2D eigenvalue weighted by Gasteiger charge is 2.43. The Balaban J connectivity index is 2.00. The molecule has 0 amide bonds. The molecule has 4 rings (SSSR count). The summed E-state index contributed by atoms with van der Waals surface area (Å²) < 4.78 is 19.7. The van der Waals surface area contributed by atoms with Crippen LogP contribution in [0.25, 0.3) is 0 Å². The maximum atomic E-state index is 13.5. The molecule has 0 saturated heterocycles. The molecule has 0 fully saturated rings. The van der Waals surface area contributed by atoms with Gasteiger partial charge in [-0.05, 0) is 58.7 Å². The predicted octanol–water partition coefficient (Wildman–Crippen LogP) is 5.17. The molecule has 3 aromatic carbocycles. The van der Waals surface area contributed by atoms with Gasteiger partial charge in [-0.1, -0.05) is 41.9 Å². The second-order valence-corrected chi connectivity index (χ2v) is 6.41. The number of hydrogen-bond donors (Lipinski definition) is 0. The van der Waals surface area contributed by atoms with Crippen LogP contribution in [0.3, 0.4) is 0 Å². The topological polar surface area (TPSA) is 33.0 Å². The lowest BCUT2D eigenvalue weighted by atomic mass is 9.79. The van der Waals surface area contributed by atoms with Gasteiger partial charge < -0.3 is 4.74 Å². The number of halogens is 2. The normalized spacial score (nSPS) is 18.6. The Bertz CT molecular complexity index is 994. The van der Waals surface area contributed by atoms with Gasteiger partial charge in [-0.25, -0.2) is 4.39 Å². The lowest BCUT2D eigenvalue weighted by molar-refractivity contribution is 0.0267. The minimum Gasteiger partial charge on any atom is -0.356 e. The minimum atomic E-state index is -0.873. The summed E-state index contributed by atoms with van der Waals surface area (Å²) in [6.45, 7) is 0.370. The zero-order valence-corrected chi connectivity index (χ0v) is 13.9. The van der Waals surface area contributed by atoms with Gasteiger partial charge in [-0.15, -0.1) is 0 Å². The molecule has 1 aliphatic heterocycles. The fourth-order valence-corrected chi connectivity index (χ4v) is 3.62. The maximum Gasteiger partial charge on any atom is 0.144 e. The molecule has 0 spiro atoms. The third kappa shape index (κ3) is 2.51. The number of benzene rings is 3. The van der Waals surface area contributed by atoms with Crippen molar-refractivity contribution in [1.82, 2.24) is 0 Å². The van der Waals surface area contributed by atoms with Gasteiger partial charge >= 0.3 is 0 Å². The van der Waals surface area contributed by atoms with E-state index in [4.69, 9.17) is 21.6 Å². The number of ether oxygens (including phenoxy) is 1. The highest BCUT2D eigenvalue weighted by Crippen LogP contribution is 2.47. The second kappa shape index (κ2) is 6.00. The average molecular weight is 350 g/mol. The maximum absolute atomic E-state index is 13.5. The Labute approximate surface area is 150 Å². The van der Waals surface area contributed by atoms with Crippen LogP contribution in [0.15, 0.2) is 66.7 Å². The number of nitrogens with zero attached hydrogens (tertiary/aromatic N) is 1. The van der Waals surface area contributed by atoms with E-state index in [1.165, 1.54) is 12.1 Å². The van der Waals surface area contributed by atoms with Crippen LogP contribution in [0.1, 0.15) is 27.8 Å². The summed E-state index contributed by atoms with van der Waals surface area (Å²) in [6, 6.07) is 21.5. The second-order valence-electron chi connectivity index (χ2n) is 5.97. The van der Waals surface area contributed by atoms with Gasteiger partial charge in [0.1, 0.15) is 11.4 Å². The molecule has 2 nitrogen and oxygen atoms in total. The van der Waals surface area contributed by atoms with Crippen molar-refractivity contribution in [2.45, 2.75) is 12.2 Å². The Kier molecular flexibility index (Phi) is 3.80. The van der Waals surface area contributed by atoms with E-state index in [9.17, 15) is 4.39 Å². The molecular formula is C21H13ClFNO. The van der Waals surface area contributed by atoms with Crippen molar-refractivity contribution in [3.8, 4) is 6.07 Å². The fraction of sp³-hybridized carbons (Fsp3) is 0.0952. The molecule has 1 atom stereocenters. The highest BCUT2D eigenvalue weighted by atomic mass is 35.5. The molecule has 0 N–H and O–H groups in total. The number of fused-ring (bicyclic) bond motifs is 1. The van der Waals surface area contributed by atoms with Gasteiger partial charge in [0.15, 0.2) is 0 Å². The summed E-state index contributed by atoms with van der Waals surface area (Å²) in [7, 11) is 0. The third-order valence-corrected chi connectivity index (χ3v) is 4.77. The van der Waals surface area contributed by atoms with Crippen LogP contribution in [0.2, 0.25) is 5.02 Å². The number of rotatable bonds is 2. The summed E-state index contributed by atoms with van der Waals surface area (Å²) in [6.07, 6.45) is 0. The molecule has 0 saturated carbocycles. The first-order chi connectivity index (χ1) is 12.1. The monoisotopic (exact) mass is 349 g/mol. The fourth-order valence-electron chi connectivity index (χ4n) is 3.43. The van der Waals surface area contributed by atoms with E-state index in [1.54, 1.807) is 24.3 Å². The van der Waals surface area contributed by atoms with Crippen LogP contribution in [-0.4, -0.2) is 0 Å². The minimum absolute atomic E-state index is 0.303. The van der Waals surface area contributed by atoms with E-state index < -0.39 is 5.60 Å². The van der Waals surface area contributed by atoms with Crippen LogP contribution in [-0.2, 0) is 16.9 Å². The van der Waals surface area contributed by atoms with Gasteiger partial charge in [-0.2, -0.15) is 5.26 Å².